The van der Waals surface area contributed by atoms with Crippen LogP contribution in [-0.4, -0.2) is 276 Å². The lowest BCUT2D eigenvalue weighted by Crippen LogP contribution is -2.65. The van der Waals surface area contributed by atoms with Crippen molar-refractivity contribution in [2.24, 2.45) is 41.4 Å². The number of halogens is 4. The zero-order valence-electron chi connectivity index (χ0n) is 62.6. The Morgan fingerprint density at radius 1 is 0.618 bits per heavy atom. The van der Waals surface area contributed by atoms with Crippen molar-refractivity contribution in [3.05, 3.63) is 0 Å². The molecule has 0 aromatic heterocycles. The summed E-state index contributed by atoms with van der Waals surface area (Å²) in [4.78, 5) is 191. The van der Waals surface area contributed by atoms with Crippen LogP contribution in [0.1, 0.15) is 189 Å². The molecule has 1 spiro atoms. The van der Waals surface area contributed by atoms with E-state index >= 15 is 28.8 Å². The van der Waals surface area contributed by atoms with Crippen LogP contribution >= 0.6 is 11.6 Å². The van der Waals surface area contributed by atoms with Gasteiger partial charge in [-0.1, -0.05) is 98.8 Å². The molecule has 11 atom stereocenters. The van der Waals surface area contributed by atoms with Crippen molar-refractivity contribution >= 4 is 82.5 Å². The van der Waals surface area contributed by atoms with Crippen molar-refractivity contribution in [2.75, 3.05) is 102 Å². The molecule has 0 bridgehead atoms. The molecule has 3 heterocycles. The summed E-state index contributed by atoms with van der Waals surface area (Å²) >= 11 is 6.42. The maximum atomic E-state index is 15.8. The number of hydrogen-bond acceptors (Lipinski definition) is 13. The van der Waals surface area contributed by atoms with Crippen LogP contribution < -0.4 is 16.0 Å². The van der Waals surface area contributed by atoms with Crippen molar-refractivity contribution in [1.29, 1.82) is 0 Å². The average Bonchev–Trinajstić information content (AvgIpc) is 1.46. The number of amides is 12. The maximum absolute atomic E-state index is 15.8. The molecule has 7 rings (SSSR count). The van der Waals surface area contributed by atoms with Gasteiger partial charge in [-0.15, -0.1) is 11.6 Å². The number of alkyl halides is 4. The van der Waals surface area contributed by atoms with E-state index in [2.05, 4.69) is 22.9 Å². The van der Waals surface area contributed by atoms with E-state index < -0.39 is 174 Å². The zero-order valence-corrected chi connectivity index (χ0v) is 63.4. The molecule has 102 heavy (non-hydrogen) atoms. The Hall–Kier alpha value is -6.32. The first kappa shape index (κ1) is 83.0. The highest BCUT2D eigenvalue weighted by molar-refractivity contribution is 6.21. The van der Waals surface area contributed by atoms with Crippen LogP contribution in [0.25, 0.3) is 0 Å². The topological polar surface area (TPSA) is 279 Å². The van der Waals surface area contributed by atoms with Gasteiger partial charge in [-0.05, 0) is 119 Å². The summed E-state index contributed by atoms with van der Waals surface area (Å²) in [6, 6.07) is -8.66. The molecule has 3 unspecified atom stereocenters. The molecule has 7 aliphatic rings. The summed E-state index contributed by atoms with van der Waals surface area (Å²) in [6.45, 7) is 8.62. The second-order valence-corrected chi connectivity index (χ2v) is 32.0. The lowest BCUT2D eigenvalue weighted by atomic mass is 9.78. The molecule has 576 valence electrons. The van der Waals surface area contributed by atoms with E-state index in [1.807, 2.05) is 20.8 Å². The number of hydrogen-bond donors (Lipinski definition) is 3. The number of nitrogens with one attached hydrogen (secondary N) is 3. The van der Waals surface area contributed by atoms with E-state index in [1.54, 1.807) is 6.92 Å². The third kappa shape index (κ3) is 21.0. The largest absolute Gasteiger partial charge is 0.393 e. The Balaban J connectivity index is 1.28. The summed E-state index contributed by atoms with van der Waals surface area (Å²) in [5.41, 5.74) is -1.56. The highest BCUT2D eigenvalue weighted by Gasteiger charge is 2.52. The minimum atomic E-state index is -4.51. The average molecular weight is 1460 g/mol. The standard InChI is InChI=1S/C73H118ClF3N12O13/c1-13-47(5)62-69(99)83(8)43-60(92)81(6)44-61(93)85(10)56(40-49-25-23-46(4)24-26-49)67(97)82(7)42-58(90)78-53(30-28-48-27-29-51(52(74)39-48)73(75,76)77)66(96)89-33-19-22-54(89)65(95)80-72(31-17-18-32-72)71(101)87(12)63(50-20-15-14-16-21-50)70(100)86(11)57(68(98)88-34-36-102-37-35-88)41-59(91)84(9)55(38-45(2)3)64(94)79-62/h45-57,62-63H,13-44H2,1-12H3,(H,78,90)(H,79,94)(H,80,95)/t46?,47-,48?,49?,51?,52?,53-,54-,55-,56-,57-,62-,63-/m0/s1. The first-order valence-electron chi connectivity index (χ1n) is 37.7. The highest BCUT2D eigenvalue weighted by atomic mass is 35.5. The molecule has 3 saturated heterocycles. The second kappa shape index (κ2) is 37.1. The van der Waals surface area contributed by atoms with Crippen LogP contribution in [-0.2, 0) is 62.3 Å². The summed E-state index contributed by atoms with van der Waals surface area (Å²) in [7, 11) is 10.0. The first-order chi connectivity index (χ1) is 48.1. The van der Waals surface area contributed by atoms with E-state index in [0.29, 0.717) is 44.4 Å². The second-order valence-electron chi connectivity index (χ2n) is 31.4. The van der Waals surface area contributed by atoms with Crippen LogP contribution in [0.2, 0.25) is 0 Å². The lowest BCUT2D eigenvalue weighted by Gasteiger charge is -2.43. The fourth-order valence-electron chi connectivity index (χ4n) is 16.6. The predicted octanol–water partition coefficient (Wildman–Crippen LogP) is 5.58. The molecule has 0 aromatic carbocycles. The number of ether oxygens (including phenoxy) is 1. The molecule has 4 saturated carbocycles. The van der Waals surface area contributed by atoms with Crippen LogP contribution in [0.3, 0.4) is 0 Å². The summed E-state index contributed by atoms with van der Waals surface area (Å²) in [6.07, 6.45) is 4.39. The summed E-state index contributed by atoms with van der Waals surface area (Å²) in [5.74, 6) is -10.3. The van der Waals surface area contributed by atoms with Crippen LogP contribution in [0.4, 0.5) is 13.2 Å². The molecule has 25 nitrogen and oxygen atoms in total. The van der Waals surface area contributed by atoms with E-state index in [4.69, 9.17) is 16.3 Å². The molecular formula is C73H118ClF3N12O13. The van der Waals surface area contributed by atoms with Gasteiger partial charge in [0.1, 0.15) is 47.8 Å². The van der Waals surface area contributed by atoms with E-state index in [9.17, 15) is 41.9 Å². The number of fused-ring (bicyclic) bond motifs is 1. The Morgan fingerprint density at radius 3 is 1.83 bits per heavy atom. The third-order valence-corrected chi connectivity index (χ3v) is 24.0. The smallest absolute Gasteiger partial charge is 0.378 e. The number of rotatable bonds is 11. The monoisotopic (exact) mass is 1460 g/mol. The van der Waals surface area contributed by atoms with Crippen LogP contribution in [0, 0.1) is 41.4 Å². The van der Waals surface area contributed by atoms with E-state index in [0.717, 1.165) is 59.6 Å². The molecule has 12 amide bonds. The van der Waals surface area contributed by atoms with Gasteiger partial charge in [0.25, 0.3) is 0 Å². The Kier molecular flexibility index (Phi) is 30.2. The van der Waals surface area contributed by atoms with Gasteiger partial charge in [0, 0.05) is 74.3 Å². The maximum Gasteiger partial charge on any atom is 0.393 e. The Morgan fingerprint density at radius 2 is 1.23 bits per heavy atom. The zero-order chi connectivity index (χ0) is 75.2. The van der Waals surface area contributed by atoms with Crippen molar-refractivity contribution < 1.29 is 75.4 Å². The minimum Gasteiger partial charge on any atom is -0.378 e. The fourth-order valence-corrected chi connectivity index (χ4v) is 17.2. The lowest BCUT2D eigenvalue weighted by molar-refractivity contribution is -0.182. The number of carbonyl (C=O) groups is 12. The van der Waals surface area contributed by atoms with Crippen LogP contribution in [0.15, 0.2) is 0 Å². The molecule has 29 heteroatoms. The number of morpholine rings is 1. The molecule has 0 radical (unpaired) electrons. The predicted molar refractivity (Wildman–Crippen MR) is 376 cm³/mol. The molecule has 3 aliphatic heterocycles. The van der Waals surface area contributed by atoms with Gasteiger partial charge >= 0.3 is 6.18 Å². The van der Waals surface area contributed by atoms with Gasteiger partial charge in [0.15, 0.2) is 0 Å². The highest BCUT2D eigenvalue weighted by Crippen LogP contribution is 2.44. The first-order valence-corrected chi connectivity index (χ1v) is 38.1. The Labute approximate surface area is 606 Å². The molecule has 3 N–H and O–H groups in total. The number of carbonyl (C=O) groups excluding carboxylic acids is 12. The van der Waals surface area contributed by atoms with Crippen LogP contribution in [0.5, 0.6) is 0 Å². The van der Waals surface area contributed by atoms with E-state index in [-0.39, 0.29) is 115 Å². The fraction of sp³-hybridized carbons (Fsp3) is 0.836. The van der Waals surface area contributed by atoms with Gasteiger partial charge in [-0.25, -0.2) is 0 Å². The SMILES string of the molecule is CC[C@H](C)[C@@H]1NC(=O)[C@H](CC(C)C)N(C)C(=O)C[C@@H](C(=O)N2CCOCC2)N(C)C(=O)[C@H](C2CCCCC2)N(C)C(=O)C2(CCCC2)NC(=O)[C@@H]2CCCN2C(=O)[C@H](CCC2CCC(C(F)(F)F)C(Cl)C2)NC(=O)CN(C)C(=O)[C@H](CC2CCC(C)CC2)N(C)C(=O)CN(C)C(=O)CN(C)C1=O. The minimum absolute atomic E-state index is 0.00210. The number of likely N-dealkylation sites (N-methyl/N-ethyl adjacent to an activating group) is 7. The van der Waals surface area contributed by atoms with E-state index in [1.165, 1.54) is 78.7 Å². The van der Waals surface area contributed by atoms with Gasteiger partial charge < -0.3 is 64.8 Å². The third-order valence-electron chi connectivity index (χ3n) is 23.5. The van der Waals surface area contributed by atoms with Crippen molar-refractivity contribution in [3.8, 4) is 0 Å². The molecule has 4 aliphatic carbocycles. The summed E-state index contributed by atoms with van der Waals surface area (Å²) in [5, 5.41) is 7.62. The van der Waals surface area contributed by atoms with Gasteiger partial charge in [-0.3, -0.25) is 57.5 Å². The van der Waals surface area contributed by atoms with Crippen molar-refractivity contribution in [1.82, 2.24) is 60.0 Å². The Bertz CT molecular complexity index is 2960. The number of nitrogens with zero attached hydrogens (tertiary/aromatic N) is 9. The van der Waals surface area contributed by atoms with Gasteiger partial charge in [0.05, 0.1) is 45.2 Å². The normalized spacial score (nSPS) is 31.0. The van der Waals surface area contributed by atoms with Crippen molar-refractivity contribution in [2.45, 2.75) is 248 Å². The summed E-state index contributed by atoms with van der Waals surface area (Å²) < 4.78 is 47.7. The van der Waals surface area contributed by atoms with Gasteiger partial charge in [0.2, 0.25) is 70.9 Å². The van der Waals surface area contributed by atoms with Crippen molar-refractivity contribution in [3.63, 3.8) is 0 Å². The van der Waals surface area contributed by atoms with Gasteiger partial charge in [-0.2, -0.15) is 13.2 Å². The molecule has 7 fully saturated rings. The quantitative estimate of drug-likeness (QED) is 0.214. The molecule has 0 aromatic rings. The molecular weight excluding hydrogens is 1350 g/mol.